The third-order valence-corrected chi connectivity index (χ3v) is 4.99. The summed E-state index contributed by atoms with van der Waals surface area (Å²) in [5.41, 5.74) is 1.90. The Morgan fingerprint density at radius 2 is 1.83 bits per heavy atom. The van der Waals surface area contributed by atoms with Gasteiger partial charge in [-0.25, -0.2) is 0 Å². The Balaban J connectivity index is 1.31. The monoisotopic (exact) mass is 424 g/mol. The van der Waals surface area contributed by atoms with E-state index in [1.54, 1.807) is 36.4 Å². The van der Waals surface area contributed by atoms with Crippen LogP contribution in [0.15, 0.2) is 47.0 Å². The van der Waals surface area contributed by atoms with Gasteiger partial charge in [-0.1, -0.05) is 16.8 Å². The molecule has 0 atom stereocenters. The molecule has 9 heteroatoms. The summed E-state index contributed by atoms with van der Waals surface area (Å²) in [4.78, 5) is 41.6. The Morgan fingerprint density at radius 1 is 1.10 bits per heavy atom. The van der Waals surface area contributed by atoms with E-state index in [2.05, 4.69) is 15.5 Å². The average molecular weight is 425 g/mol. The molecular formula is C21H17ClN4O4. The van der Waals surface area contributed by atoms with E-state index in [1.165, 1.54) is 13.1 Å². The molecule has 0 fully saturated rings. The first-order valence-electron chi connectivity index (χ1n) is 9.27. The van der Waals surface area contributed by atoms with Crippen LogP contribution < -0.4 is 5.32 Å². The van der Waals surface area contributed by atoms with Crippen molar-refractivity contribution in [1.29, 1.82) is 0 Å². The number of hydrogen-bond donors (Lipinski definition) is 1. The molecule has 3 aromatic rings. The number of amides is 3. The highest BCUT2D eigenvalue weighted by molar-refractivity contribution is 6.30. The molecule has 0 aliphatic carbocycles. The van der Waals surface area contributed by atoms with Gasteiger partial charge in [0, 0.05) is 36.2 Å². The van der Waals surface area contributed by atoms with Gasteiger partial charge in [0.1, 0.15) is 0 Å². The number of aromatic nitrogens is 2. The highest BCUT2D eigenvalue weighted by Crippen LogP contribution is 2.25. The lowest BCUT2D eigenvalue weighted by Gasteiger charge is -2.05. The molecule has 4 rings (SSSR count). The quantitative estimate of drug-likeness (QED) is 0.606. The van der Waals surface area contributed by atoms with Crippen molar-refractivity contribution < 1.29 is 18.9 Å². The van der Waals surface area contributed by atoms with Crippen molar-refractivity contribution in [2.45, 2.75) is 19.3 Å². The van der Waals surface area contributed by atoms with Crippen molar-refractivity contribution in [2.75, 3.05) is 12.4 Å². The molecule has 8 nitrogen and oxygen atoms in total. The Labute approximate surface area is 176 Å². The topological polar surface area (TPSA) is 105 Å². The molecular weight excluding hydrogens is 408 g/mol. The van der Waals surface area contributed by atoms with E-state index >= 15 is 0 Å². The third kappa shape index (κ3) is 3.95. The zero-order valence-corrected chi connectivity index (χ0v) is 16.8. The van der Waals surface area contributed by atoms with Gasteiger partial charge in [-0.2, -0.15) is 4.98 Å². The molecule has 0 spiro atoms. The minimum atomic E-state index is -0.376. The highest BCUT2D eigenvalue weighted by Gasteiger charge is 2.32. The molecule has 0 saturated carbocycles. The lowest BCUT2D eigenvalue weighted by molar-refractivity contribution is -0.116. The van der Waals surface area contributed by atoms with Crippen LogP contribution in [0.25, 0.3) is 11.4 Å². The van der Waals surface area contributed by atoms with Gasteiger partial charge in [-0.05, 0) is 48.9 Å². The summed E-state index contributed by atoms with van der Waals surface area (Å²) >= 11 is 5.87. The summed E-state index contributed by atoms with van der Waals surface area (Å²) in [7, 11) is 1.43. The minimum Gasteiger partial charge on any atom is -0.339 e. The maximum Gasteiger partial charge on any atom is 0.261 e. The number of halogens is 1. The summed E-state index contributed by atoms with van der Waals surface area (Å²) < 4.78 is 5.23. The molecule has 30 heavy (non-hydrogen) atoms. The number of benzene rings is 2. The van der Waals surface area contributed by atoms with Crippen molar-refractivity contribution >= 4 is 35.0 Å². The van der Waals surface area contributed by atoms with Gasteiger partial charge < -0.3 is 9.84 Å². The average Bonchev–Trinajstić information content (AvgIpc) is 3.28. The van der Waals surface area contributed by atoms with Gasteiger partial charge in [-0.15, -0.1) is 0 Å². The summed E-state index contributed by atoms with van der Waals surface area (Å²) in [5, 5.41) is 7.31. The van der Waals surface area contributed by atoms with E-state index in [0.29, 0.717) is 46.4 Å². The molecule has 0 bridgehead atoms. The van der Waals surface area contributed by atoms with Gasteiger partial charge in [0.15, 0.2) is 0 Å². The zero-order valence-electron chi connectivity index (χ0n) is 16.0. The molecule has 1 aromatic heterocycles. The Kier molecular flexibility index (Phi) is 5.33. The number of imide groups is 1. The second kappa shape index (κ2) is 8.08. The predicted octanol–water partition coefficient (Wildman–Crippen LogP) is 3.58. The van der Waals surface area contributed by atoms with Crippen molar-refractivity contribution in [1.82, 2.24) is 15.0 Å². The molecule has 0 unspecified atom stereocenters. The van der Waals surface area contributed by atoms with Crippen LogP contribution in [0.5, 0.6) is 0 Å². The molecule has 0 saturated heterocycles. The first-order valence-corrected chi connectivity index (χ1v) is 9.65. The smallest absolute Gasteiger partial charge is 0.261 e. The van der Waals surface area contributed by atoms with Crippen molar-refractivity contribution in [3.05, 3.63) is 64.5 Å². The number of carbonyl (C=O) groups is 3. The number of fused-ring (bicyclic) bond motifs is 1. The van der Waals surface area contributed by atoms with E-state index in [4.69, 9.17) is 16.1 Å². The van der Waals surface area contributed by atoms with Crippen LogP contribution in [-0.4, -0.2) is 39.8 Å². The normalized spacial score (nSPS) is 12.9. The van der Waals surface area contributed by atoms with E-state index in [-0.39, 0.29) is 24.1 Å². The number of rotatable bonds is 6. The van der Waals surface area contributed by atoms with Crippen molar-refractivity contribution in [3.63, 3.8) is 0 Å². The van der Waals surface area contributed by atoms with Crippen LogP contribution in [0.2, 0.25) is 5.02 Å². The fraction of sp³-hybridized carbons (Fsp3) is 0.190. The van der Waals surface area contributed by atoms with Crippen LogP contribution >= 0.6 is 11.6 Å². The number of aryl methyl sites for hydroxylation is 1. The molecule has 152 valence electrons. The molecule has 0 radical (unpaired) electrons. The van der Waals surface area contributed by atoms with Crippen molar-refractivity contribution in [3.8, 4) is 11.4 Å². The predicted molar refractivity (Wildman–Crippen MR) is 109 cm³/mol. The van der Waals surface area contributed by atoms with Gasteiger partial charge in [-0.3, -0.25) is 19.3 Å². The third-order valence-electron chi connectivity index (χ3n) is 4.74. The summed E-state index contributed by atoms with van der Waals surface area (Å²) in [6.07, 6.45) is 1.21. The second-order valence-corrected chi connectivity index (χ2v) is 7.29. The number of carbonyl (C=O) groups excluding carboxylic acids is 3. The van der Waals surface area contributed by atoms with E-state index in [0.717, 1.165) is 10.5 Å². The molecule has 1 aliphatic rings. The van der Waals surface area contributed by atoms with E-state index in [1.807, 2.05) is 0 Å². The fourth-order valence-corrected chi connectivity index (χ4v) is 3.26. The van der Waals surface area contributed by atoms with Gasteiger partial charge in [0.25, 0.3) is 11.8 Å². The summed E-state index contributed by atoms with van der Waals surface area (Å²) in [6, 6.07) is 11.8. The number of nitrogens with zero attached hydrogens (tertiary/aromatic N) is 3. The first-order chi connectivity index (χ1) is 14.4. The lowest BCUT2D eigenvalue weighted by Crippen LogP contribution is -2.24. The van der Waals surface area contributed by atoms with Crippen LogP contribution in [0.4, 0.5) is 5.69 Å². The molecule has 2 heterocycles. The number of nitrogens with one attached hydrogen (secondary N) is 1. The summed E-state index contributed by atoms with van der Waals surface area (Å²) in [6.45, 7) is 0. The van der Waals surface area contributed by atoms with E-state index in [9.17, 15) is 14.4 Å². The fourth-order valence-electron chi connectivity index (χ4n) is 3.14. The van der Waals surface area contributed by atoms with Gasteiger partial charge in [0.2, 0.25) is 17.6 Å². The first kappa shape index (κ1) is 19.8. The molecule has 2 aromatic carbocycles. The lowest BCUT2D eigenvalue weighted by atomic mass is 10.1. The van der Waals surface area contributed by atoms with Gasteiger partial charge in [0.05, 0.1) is 11.1 Å². The largest absolute Gasteiger partial charge is 0.339 e. The van der Waals surface area contributed by atoms with Crippen LogP contribution in [-0.2, 0) is 11.2 Å². The highest BCUT2D eigenvalue weighted by atomic mass is 35.5. The second-order valence-electron chi connectivity index (χ2n) is 6.85. The van der Waals surface area contributed by atoms with Crippen LogP contribution in [0, 0.1) is 0 Å². The van der Waals surface area contributed by atoms with Crippen molar-refractivity contribution in [2.24, 2.45) is 0 Å². The Morgan fingerprint density at radius 3 is 2.60 bits per heavy atom. The minimum absolute atomic E-state index is 0.211. The maximum absolute atomic E-state index is 12.2. The summed E-state index contributed by atoms with van der Waals surface area (Å²) in [5.74, 6) is -0.0206. The number of anilines is 1. The molecule has 1 aliphatic heterocycles. The molecule has 1 N–H and O–H groups in total. The molecule has 3 amide bonds. The van der Waals surface area contributed by atoms with Crippen LogP contribution in [0.3, 0.4) is 0 Å². The number of hydrogen-bond acceptors (Lipinski definition) is 6. The Bertz CT molecular complexity index is 1140. The van der Waals surface area contributed by atoms with E-state index < -0.39 is 0 Å². The van der Waals surface area contributed by atoms with Crippen LogP contribution in [0.1, 0.15) is 39.4 Å². The standard InChI is InChI=1S/C21H17ClN4O4/c1-26-20(28)15-10-9-14(11-16(15)21(26)29)23-17(27)3-2-4-18-24-19(25-30-18)12-5-7-13(22)8-6-12/h5-11H,2-4H2,1H3,(H,23,27). The maximum atomic E-state index is 12.2. The van der Waals surface area contributed by atoms with Gasteiger partial charge >= 0.3 is 0 Å². The SMILES string of the molecule is CN1C(=O)c2ccc(NC(=O)CCCc3nc(-c4ccc(Cl)cc4)no3)cc2C1=O. The zero-order chi connectivity index (χ0) is 21.3. The Hall–Kier alpha value is -3.52.